The van der Waals surface area contributed by atoms with E-state index in [1.54, 1.807) is 32.0 Å². The third-order valence-corrected chi connectivity index (χ3v) is 2.35. The highest BCUT2D eigenvalue weighted by atomic mass is 16.5. The Balaban J connectivity index is 2.91. The molecule has 0 aliphatic heterocycles. The Kier molecular flexibility index (Phi) is 4.79. The predicted molar refractivity (Wildman–Crippen MR) is 67.3 cm³/mol. The fourth-order valence-electron chi connectivity index (χ4n) is 1.32. The molecule has 2 N–H and O–H groups in total. The number of rotatable bonds is 4. The van der Waals surface area contributed by atoms with Crippen LogP contribution in [0.4, 0.5) is 10.5 Å². The number of nitrogens with one attached hydrogen (secondary N) is 1. The van der Waals surface area contributed by atoms with Crippen molar-refractivity contribution in [2.75, 3.05) is 19.5 Å². The minimum atomic E-state index is -0.628. The van der Waals surface area contributed by atoms with E-state index in [1.807, 2.05) is 0 Å². The van der Waals surface area contributed by atoms with Gasteiger partial charge in [-0.25, -0.2) is 9.86 Å². The summed E-state index contributed by atoms with van der Waals surface area (Å²) in [5.41, 5.74) is 0.432. The summed E-state index contributed by atoms with van der Waals surface area (Å²) >= 11 is 0. The van der Waals surface area contributed by atoms with Gasteiger partial charge in [0.25, 0.3) is 0 Å². The first-order valence-electron chi connectivity index (χ1n) is 5.50. The first-order chi connectivity index (χ1) is 8.49. The number of ether oxygens (including phenoxy) is 2. The molecule has 18 heavy (non-hydrogen) atoms. The molecule has 0 atom stereocenters. The molecule has 1 rings (SSSR count). The molecule has 0 spiro atoms. The fourth-order valence-corrected chi connectivity index (χ4v) is 1.32. The molecule has 1 aromatic rings. The molecule has 0 fully saturated rings. The lowest BCUT2D eigenvalue weighted by atomic mass is 10.2. The van der Waals surface area contributed by atoms with Crippen LogP contribution in [-0.4, -0.2) is 36.6 Å². The lowest BCUT2D eigenvalue weighted by molar-refractivity contribution is -0.0622. The average Bonchev–Trinajstić information content (AvgIpc) is 2.37. The Labute approximate surface area is 106 Å². The number of anilines is 1. The van der Waals surface area contributed by atoms with Gasteiger partial charge in [0.05, 0.1) is 25.9 Å². The van der Waals surface area contributed by atoms with Gasteiger partial charge in [0.1, 0.15) is 11.5 Å². The minimum Gasteiger partial charge on any atom is -0.497 e. The summed E-state index contributed by atoms with van der Waals surface area (Å²) in [6.07, 6.45) is 0. The zero-order valence-electron chi connectivity index (χ0n) is 10.9. The molecule has 0 saturated heterocycles. The van der Waals surface area contributed by atoms with Gasteiger partial charge < -0.3 is 14.8 Å². The van der Waals surface area contributed by atoms with Crippen LogP contribution in [0, 0.1) is 0 Å². The highest BCUT2D eigenvalue weighted by Crippen LogP contribution is 2.29. The van der Waals surface area contributed by atoms with Gasteiger partial charge in [-0.1, -0.05) is 0 Å². The van der Waals surface area contributed by atoms with Crippen LogP contribution in [0.3, 0.4) is 0 Å². The highest BCUT2D eigenvalue weighted by Gasteiger charge is 2.16. The number of nitrogens with zero attached hydrogens (tertiary/aromatic N) is 1. The maximum Gasteiger partial charge on any atom is 0.345 e. The lowest BCUT2D eigenvalue weighted by Crippen LogP contribution is -2.37. The van der Waals surface area contributed by atoms with Crippen molar-refractivity contribution in [2.45, 2.75) is 19.9 Å². The molecule has 2 amide bonds. The normalized spacial score (nSPS) is 10.1. The Morgan fingerprint density at radius 2 is 2.00 bits per heavy atom. The van der Waals surface area contributed by atoms with Gasteiger partial charge in [-0.2, -0.15) is 0 Å². The van der Waals surface area contributed by atoms with Crippen molar-refractivity contribution < 1.29 is 19.5 Å². The Hall–Kier alpha value is -1.95. The molecule has 0 unspecified atom stereocenters. The second-order valence-electron chi connectivity index (χ2n) is 3.93. The highest BCUT2D eigenvalue weighted by molar-refractivity contribution is 5.90. The zero-order chi connectivity index (χ0) is 13.7. The van der Waals surface area contributed by atoms with Crippen molar-refractivity contribution >= 4 is 11.7 Å². The summed E-state index contributed by atoms with van der Waals surface area (Å²) < 4.78 is 10.2. The maximum atomic E-state index is 11.7. The molecule has 0 aliphatic rings. The molecule has 0 radical (unpaired) electrons. The zero-order valence-corrected chi connectivity index (χ0v) is 10.9. The summed E-state index contributed by atoms with van der Waals surface area (Å²) in [5.74, 6) is 1.07. The fraction of sp³-hybridized carbons (Fsp3) is 0.417. The van der Waals surface area contributed by atoms with Crippen molar-refractivity contribution in [1.82, 2.24) is 5.06 Å². The first kappa shape index (κ1) is 14.1. The van der Waals surface area contributed by atoms with Gasteiger partial charge in [0, 0.05) is 6.07 Å². The summed E-state index contributed by atoms with van der Waals surface area (Å²) in [5, 5.41) is 12.7. The molecule has 1 aromatic carbocycles. The first-order valence-corrected chi connectivity index (χ1v) is 5.50. The number of carbonyl (C=O) groups excluding carboxylic acids is 1. The third kappa shape index (κ3) is 3.27. The molecule has 6 nitrogen and oxygen atoms in total. The number of hydroxylamine groups is 2. The smallest absolute Gasteiger partial charge is 0.345 e. The average molecular weight is 254 g/mol. The van der Waals surface area contributed by atoms with Gasteiger partial charge in [-0.05, 0) is 26.0 Å². The lowest BCUT2D eigenvalue weighted by Gasteiger charge is -2.20. The molecular formula is C12H18N2O4. The van der Waals surface area contributed by atoms with Gasteiger partial charge >= 0.3 is 6.03 Å². The van der Waals surface area contributed by atoms with E-state index in [4.69, 9.17) is 9.47 Å². The quantitative estimate of drug-likeness (QED) is 0.639. The van der Waals surface area contributed by atoms with Crippen molar-refractivity contribution in [3.8, 4) is 11.5 Å². The SMILES string of the molecule is COc1ccc(OC)c(NC(=O)N(O)C(C)C)c1. The Morgan fingerprint density at radius 1 is 1.33 bits per heavy atom. The standard InChI is InChI=1S/C12H18N2O4/c1-8(2)14(16)12(15)13-10-7-9(17-3)5-6-11(10)18-4/h5-8,16H,1-4H3,(H,13,15). The van der Waals surface area contributed by atoms with Gasteiger partial charge in [0.15, 0.2) is 0 Å². The van der Waals surface area contributed by atoms with E-state index in [-0.39, 0.29) is 6.04 Å². The number of carbonyl (C=O) groups is 1. The van der Waals surface area contributed by atoms with E-state index >= 15 is 0 Å². The van der Waals surface area contributed by atoms with Crippen LogP contribution in [0.2, 0.25) is 0 Å². The van der Waals surface area contributed by atoms with E-state index in [0.717, 1.165) is 0 Å². The molecule has 100 valence electrons. The number of hydrogen-bond donors (Lipinski definition) is 2. The van der Waals surface area contributed by atoms with Crippen LogP contribution < -0.4 is 14.8 Å². The second-order valence-corrected chi connectivity index (χ2v) is 3.93. The van der Waals surface area contributed by atoms with E-state index in [2.05, 4.69) is 5.32 Å². The van der Waals surface area contributed by atoms with Crippen molar-refractivity contribution in [3.05, 3.63) is 18.2 Å². The van der Waals surface area contributed by atoms with E-state index in [9.17, 15) is 10.0 Å². The Bertz CT molecular complexity index is 421. The van der Waals surface area contributed by atoms with Crippen molar-refractivity contribution in [2.24, 2.45) is 0 Å². The van der Waals surface area contributed by atoms with Crippen LogP contribution >= 0.6 is 0 Å². The predicted octanol–water partition coefficient (Wildman–Crippen LogP) is 2.34. The molecule has 0 bridgehead atoms. The molecule has 0 heterocycles. The van der Waals surface area contributed by atoms with Crippen molar-refractivity contribution in [3.63, 3.8) is 0 Å². The summed E-state index contributed by atoms with van der Waals surface area (Å²) in [4.78, 5) is 11.7. The summed E-state index contributed by atoms with van der Waals surface area (Å²) in [7, 11) is 3.02. The number of amides is 2. The van der Waals surface area contributed by atoms with E-state index in [0.29, 0.717) is 22.2 Å². The summed E-state index contributed by atoms with van der Waals surface area (Å²) in [6, 6.07) is 4.06. The molecular weight excluding hydrogens is 236 g/mol. The topological polar surface area (TPSA) is 71.0 Å². The van der Waals surface area contributed by atoms with Crippen LogP contribution in [0.15, 0.2) is 18.2 Å². The van der Waals surface area contributed by atoms with E-state index < -0.39 is 6.03 Å². The van der Waals surface area contributed by atoms with Crippen LogP contribution in [-0.2, 0) is 0 Å². The van der Waals surface area contributed by atoms with Gasteiger partial charge in [0.2, 0.25) is 0 Å². The van der Waals surface area contributed by atoms with Crippen LogP contribution in [0.5, 0.6) is 11.5 Å². The second kappa shape index (κ2) is 6.11. The molecule has 0 aliphatic carbocycles. The number of benzene rings is 1. The van der Waals surface area contributed by atoms with Gasteiger partial charge in [-0.3, -0.25) is 5.21 Å². The summed E-state index contributed by atoms with van der Waals surface area (Å²) in [6.45, 7) is 3.39. The molecule has 0 saturated carbocycles. The van der Waals surface area contributed by atoms with Gasteiger partial charge in [-0.15, -0.1) is 0 Å². The minimum absolute atomic E-state index is 0.318. The van der Waals surface area contributed by atoms with Crippen LogP contribution in [0.25, 0.3) is 0 Å². The maximum absolute atomic E-state index is 11.7. The molecule has 6 heteroatoms. The monoisotopic (exact) mass is 254 g/mol. The largest absolute Gasteiger partial charge is 0.497 e. The van der Waals surface area contributed by atoms with Crippen molar-refractivity contribution in [1.29, 1.82) is 0 Å². The third-order valence-electron chi connectivity index (χ3n) is 2.35. The number of urea groups is 1. The molecule has 0 aromatic heterocycles. The Morgan fingerprint density at radius 3 is 2.50 bits per heavy atom. The van der Waals surface area contributed by atoms with E-state index in [1.165, 1.54) is 14.2 Å². The number of methoxy groups -OCH3 is 2. The number of hydrogen-bond acceptors (Lipinski definition) is 4. The van der Waals surface area contributed by atoms with Crippen LogP contribution in [0.1, 0.15) is 13.8 Å².